The van der Waals surface area contributed by atoms with E-state index in [-0.39, 0.29) is 39.7 Å². The van der Waals surface area contributed by atoms with E-state index in [1.165, 1.54) is 16.7 Å². The number of phenolic OH excluding ortho intramolecular Hbond substituents is 1. The van der Waals surface area contributed by atoms with Crippen molar-refractivity contribution >= 4 is 43.2 Å². The van der Waals surface area contributed by atoms with Gasteiger partial charge >= 0.3 is 26.8 Å². The van der Waals surface area contributed by atoms with E-state index in [0.29, 0.717) is 11.7 Å². The molecule has 0 aliphatic heterocycles. The molecular weight excluding hydrogens is 415 g/mol. The molecular formula is C21H29Cl2OSiTi-3. The first kappa shape index (κ1) is 33.1. The SMILES string of the molecule is CC1=[C-]C(C)C(C)=C1C.Cl.Cl.Oc1ccc2ccccc2c1.[CH3-].[CH3-].[Si]=[Ti]. The van der Waals surface area contributed by atoms with Gasteiger partial charge < -0.3 is 20.0 Å². The molecule has 0 amide bonds. The number of benzene rings is 2. The number of allylic oxidation sites excluding steroid dienone is 4. The molecule has 1 unspecified atom stereocenters. The Morgan fingerprint density at radius 1 is 0.923 bits per heavy atom. The van der Waals surface area contributed by atoms with Gasteiger partial charge in [0.05, 0.1) is 0 Å². The molecule has 2 radical (unpaired) electrons. The number of phenols is 1. The number of aromatic hydroxyl groups is 1. The van der Waals surface area contributed by atoms with Gasteiger partial charge in [-0.05, 0) is 22.9 Å². The molecule has 0 heterocycles. The van der Waals surface area contributed by atoms with Crippen LogP contribution in [0.1, 0.15) is 27.7 Å². The molecule has 2 aromatic carbocycles. The van der Waals surface area contributed by atoms with Gasteiger partial charge in [0, 0.05) is 0 Å². The summed E-state index contributed by atoms with van der Waals surface area (Å²) in [6, 6.07) is 13.3. The quantitative estimate of drug-likeness (QED) is 0.357. The molecule has 0 spiro atoms. The predicted octanol–water partition coefficient (Wildman–Crippen LogP) is 6.63. The molecule has 0 saturated carbocycles. The maximum atomic E-state index is 9.13. The fraction of sp³-hybridized carbons (Fsp3) is 0.238. The summed E-state index contributed by atoms with van der Waals surface area (Å²) < 4.78 is 0. The van der Waals surface area contributed by atoms with Crippen LogP contribution >= 0.6 is 24.8 Å². The van der Waals surface area contributed by atoms with Gasteiger partial charge in [-0.15, -0.1) is 31.7 Å². The van der Waals surface area contributed by atoms with E-state index < -0.39 is 0 Å². The number of hydrogen-bond donors (Lipinski definition) is 1. The number of fused-ring (bicyclic) bond motifs is 1. The third-order valence-corrected chi connectivity index (χ3v) is 3.97. The van der Waals surface area contributed by atoms with Crippen molar-refractivity contribution in [2.75, 3.05) is 0 Å². The fourth-order valence-corrected chi connectivity index (χ4v) is 2.34. The van der Waals surface area contributed by atoms with Crippen molar-refractivity contribution in [3.63, 3.8) is 0 Å². The van der Waals surface area contributed by atoms with E-state index in [1.54, 1.807) is 31.3 Å². The normalized spacial score (nSPS) is 13.8. The molecule has 1 N–H and O–H groups in total. The Balaban J connectivity index is -0.000000151. The molecule has 1 aliphatic carbocycles. The molecule has 0 bridgehead atoms. The van der Waals surface area contributed by atoms with Crippen molar-refractivity contribution in [3.8, 4) is 5.75 Å². The Hall–Kier alpha value is -0.509. The van der Waals surface area contributed by atoms with Crippen LogP contribution in [0, 0.1) is 26.8 Å². The summed E-state index contributed by atoms with van der Waals surface area (Å²) in [7, 11) is 2.97. The van der Waals surface area contributed by atoms with Crippen molar-refractivity contribution in [2.24, 2.45) is 5.92 Å². The van der Waals surface area contributed by atoms with Crippen molar-refractivity contribution in [1.29, 1.82) is 0 Å². The van der Waals surface area contributed by atoms with Crippen molar-refractivity contribution in [1.82, 2.24) is 0 Å². The van der Waals surface area contributed by atoms with Crippen LogP contribution in [-0.2, 0) is 19.2 Å². The second kappa shape index (κ2) is 16.6. The fourth-order valence-electron chi connectivity index (χ4n) is 2.34. The van der Waals surface area contributed by atoms with Gasteiger partial charge in [-0.2, -0.15) is 11.1 Å². The summed E-state index contributed by atoms with van der Waals surface area (Å²) in [5.74, 6) is 0.883. The number of halogens is 2. The Kier molecular flexibility index (Phi) is 21.2. The Morgan fingerprint density at radius 2 is 1.42 bits per heavy atom. The van der Waals surface area contributed by atoms with E-state index in [0.717, 1.165) is 10.8 Å². The van der Waals surface area contributed by atoms with E-state index in [2.05, 4.69) is 41.4 Å². The minimum absolute atomic E-state index is 0. The zero-order chi connectivity index (χ0) is 16.7. The summed E-state index contributed by atoms with van der Waals surface area (Å²) in [4.78, 5) is 0. The van der Waals surface area contributed by atoms with E-state index >= 15 is 0 Å². The second-order valence-corrected chi connectivity index (χ2v) is 5.33. The molecule has 144 valence electrons. The second-order valence-electron chi connectivity index (χ2n) is 5.33. The van der Waals surface area contributed by atoms with Gasteiger partial charge in [0.1, 0.15) is 5.75 Å². The standard InChI is InChI=1S/C10H8O.C9H13.2CH3.2ClH.Si.Ti/c11-10-6-5-8-3-1-2-4-9(8)7-10;1-6-5-7(2)9(4)8(6)3;;;;;;/h1-7,11H;6H,1-4H3;2*1H3;2*1H;;/q;3*-1;;;;. The zero-order valence-corrected chi connectivity index (χ0v) is 20.6. The molecule has 2 aromatic rings. The molecule has 1 nitrogen and oxygen atoms in total. The summed E-state index contributed by atoms with van der Waals surface area (Å²) in [5.41, 5.74) is 4.25. The topological polar surface area (TPSA) is 20.2 Å². The van der Waals surface area contributed by atoms with Crippen LogP contribution in [0.15, 0.2) is 59.2 Å². The molecule has 0 saturated heterocycles. The zero-order valence-electron chi connectivity index (χ0n) is 16.4. The number of rotatable bonds is 0. The first-order valence-corrected chi connectivity index (χ1v) is 10.0. The summed E-state index contributed by atoms with van der Waals surface area (Å²) >= 11 is 1.81. The van der Waals surface area contributed by atoms with E-state index in [4.69, 9.17) is 5.11 Å². The van der Waals surface area contributed by atoms with Gasteiger partial charge in [-0.3, -0.25) is 6.08 Å². The first-order chi connectivity index (χ1) is 10.5. The van der Waals surface area contributed by atoms with E-state index in [1.807, 2.05) is 30.3 Å². The van der Waals surface area contributed by atoms with Gasteiger partial charge in [0.25, 0.3) is 0 Å². The average Bonchev–Trinajstić information content (AvgIpc) is 2.76. The van der Waals surface area contributed by atoms with Crippen LogP contribution in [0.5, 0.6) is 5.75 Å². The average molecular weight is 444 g/mol. The molecule has 3 rings (SSSR count). The van der Waals surface area contributed by atoms with Crippen molar-refractivity contribution in [3.05, 3.63) is 80.1 Å². The Labute approximate surface area is 186 Å². The van der Waals surface area contributed by atoms with Gasteiger partial charge in [-0.1, -0.05) is 57.0 Å². The maximum absolute atomic E-state index is 9.13. The van der Waals surface area contributed by atoms with Crippen LogP contribution in [0.3, 0.4) is 0 Å². The molecule has 0 fully saturated rings. The van der Waals surface area contributed by atoms with Gasteiger partial charge in [0.2, 0.25) is 0 Å². The predicted molar refractivity (Wildman–Crippen MR) is 119 cm³/mol. The van der Waals surface area contributed by atoms with E-state index in [9.17, 15) is 0 Å². The third-order valence-electron chi connectivity index (χ3n) is 3.97. The molecule has 1 atom stereocenters. The Morgan fingerprint density at radius 3 is 1.81 bits per heavy atom. The van der Waals surface area contributed by atoms with Crippen LogP contribution in [-0.4, -0.2) is 12.7 Å². The minimum atomic E-state index is 0. The van der Waals surface area contributed by atoms with Gasteiger partial charge in [-0.25, -0.2) is 5.57 Å². The summed E-state index contributed by atoms with van der Waals surface area (Å²) in [5, 5.41) is 11.4. The third kappa shape index (κ3) is 9.43. The summed E-state index contributed by atoms with van der Waals surface area (Å²) in [6.07, 6.45) is 3.36. The molecule has 1 aliphatic rings. The van der Waals surface area contributed by atoms with Gasteiger partial charge in [0.15, 0.2) is 0 Å². The molecule has 0 aromatic heterocycles. The monoisotopic (exact) mass is 443 g/mol. The van der Waals surface area contributed by atoms with Crippen LogP contribution in [0.4, 0.5) is 0 Å². The van der Waals surface area contributed by atoms with Crippen molar-refractivity contribution < 1.29 is 24.3 Å². The van der Waals surface area contributed by atoms with Crippen LogP contribution in [0.25, 0.3) is 10.8 Å². The summed E-state index contributed by atoms with van der Waals surface area (Å²) in [6.45, 7) is 8.67. The van der Waals surface area contributed by atoms with Crippen LogP contribution in [0.2, 0.25) is 0 Å². The Bertz CT molecular complexity index is 714. The number of hydrogen-bond acceptors (Lipinski definition) is 1. The molecule has 26 heavy (non-hydrogen) atoms. The first-order valence-electron chi connectivity index (χ1n) is 7.19. The van der Waals surface area contributed by atoms with Crippen molar-refractivity contribution in [2.45, 2.75) is 27.7 Å². The molecule has 5 heteroatoms. The van der Waals surface area contributed by atoms with Crippen LogP contribution < -0.4 is 0 Å².